The molecule has 0 aliphatic heterocycles. The number of carbonyl (C=O) groups excluding carboxylic acids is 1. The standard InChI is InChI=1S/C14H9Cl3O2/c15-10-3-1-9(2-4-10)13(18)8-19-14-6-5-11(16)7-12(14)17/h1-7H,8H2. The molecule has 0 unspecified atom stereocenters. The van der Waals surface area contributed by atoms with Crippen molar-refractivity contribution in [2.24, 2.45) is 0 Å². The maximum Gasteiger partial charge on any atom is 0.200 e. The molecule has 2 aromatic carbocycles. The Morgan fingerprint density at radius 3 is 2.21 bits per heavy atom. The van der Waals surface area contributed by atoms with Gasteiger partial charge in [0, 0.05) is 15.6 Å². The zero-order chi connectivity index (χ0) is 13.8. The van der Waals surface area contributed by atoms with E-state index in [4.69, 9.17) is 39.5 Å². The lowest BCUT2D eigenvalue weighted by atomic mass is 10.1. The number of ketones is 1. The first-order valence-electron chi connectivity index (χ1n) is 5.43. The Bertz CT molecular complexity index is 594. The Hall–Kier alpha value is -1.22. The van der Waals surface area contributed by atoms with Crippen LogP contribution in [0.15, 0.2) is 42.5 Å². The largest absolute Gasteiger partial charge is 0.484 e. The summed E-state index contributed by atoms with van der Waals surface area (Å²) in [7, 11) is 0. The summed E-state index contributed by atoms with van der Waals surface area (Å²) in [5.74, 6) is 0.274. The van der Waals surface area contributed by atoms with E-state index in [-0.39, 0.29) is 12.4 Å². The predicted octanol–water partition coefficient (Wildman–Crippen LogP) is 4.91. The first-order chi connectivity index (χ1) is 9.06. The molecule has 0 atom stereocenters. The molecule has 0 aromatic heterocycles. The molecule has 0 fully saturated rings. The fourth-order valence-electron chi connectivity index (χ4n) is 1.45. The van der Waals surface area contributed by atoms with Gasteiger partial charge in [-0.2, -0.15) is 0 Å². The second kappa shape index (κ2) is 6.29. The van der Waals surface area contributed by atoms with E-state index in [1.165, 1.54) is 0 Å². The lowest BCUT2D eigenvalue weighted by molar-refractivity contribution is 0.0921. The van der Waals surface area contributed by atoms with Crippen LogP contribution in [0.3, 0.4) is 0 Å². The highest BCUT2D eigenvalue weighted by molar-refractivity contribution is 6.35. The van der Waals surface area contributed by atoms with Crippen LogP contribution in [0.4, 0.5) is 0 Å². The van der Waals surface area contributed by atoms with E-state index in [0.29, 0.717) is 26.4 Å². The minimum atomic E-state index is -0.150. The second-order valence-electron chi connectivity index (χ2n) is 3.79. The van der Waals surface area contributed by atoms with Gasteiger partial charge in [0.2, 0.25) is 0 Å². The Morgan fingerprint density at radius 1 is 0.947 bits per heavy atom. The molecule has 5 heteroatoms. The molecule has 0 bridgehead atoms. The van der Waals surface area contributed by atoms with Crippen molar-refractivity contribution in [1.29, 1.82) is 0 Å². The van der Waals surface area contributed by atoms with Crippen molar-refractivity contribution in [3.8, 4) is 5.75 Å². The summed E-state index contributed by atoms with van der Waals surface area (Å²) in [5, 5.41) is 1.47. The molecule has 0 amide bonds. The molecule has 2 nitrogen and oxygen atoms in total. The van der Waals surface area contributed by atoms with Crippen LogP contribution in [0.2, 0.25) is 15.1 Å². The smallest absolute Gasteiger partial charge is 0.200 e. The van der Waals surface area contributed by atoms with Crippen LogP contribution in [0.1, 0.15) is 10.4 Å². The average Bonchev–Trinajstić information content (AvgIpc) is 2.38. The van der Waals surface area contributed by atoms with Gasteiger partial charge in [0.15, 0.2) is 12.4 Å². The average molecular weight is 316 g/mol. The van der Waals surface area contributed by atoms with Crippen LogP contribution in [0, 0.1) is 0 Å². The van der Waals surface area contributed by atoms with Crippen molar-refractivity contribution >= 4 is 40.6 Å². The molecule has 2 rings (SSSR count). The highest BCUT2D eigenvalue weighted by atomic mass is 35.5. The summed E-state index contributed by atoms with van der Waals surface area (Å²) in [4.78, 5) is 11.9. The third kappa shape index (κ3) is 3.87. The number of rotatable bonds is 4. The molecule has 0 radical (unpaired) electrons. The SMILES string of the molecule is O=C(COc1ccc(Cl)cc1Cl)c1ccc(Cl)cc1. The number of hydrogen-bond acceptors (Lipinski definition) is 2. The van der Waals surface area contributed by atoms with E-state index in [1.807, 2.05) is 0 Å². The first kappa shape index (κ1) is 14.2. The second-order valence-corrected chi connectivity index (χ2v) is 5.07. The normalized spacial score (nSPS) is 10.3. The fourth-order valence-corrected chi connectivity index (χ4v) is 2.04. The molecular weight excluding hydrogens is 307 g/mol. The Kier molecular flexibility index (Phi) is 4.70. The highest BCUT2D eigenvalue weighted by Gasteiger charge is 2.08. The quantitative estimate of drug-likeness (QED) is 0.749. The molecule has 98 valence electrons. The zero-order valence-electron chi connectivity index (χ0n) is 9.70. The van der Waals surface area contributed by atoms with E-state index in [9.17, 15) is 4.79 Å². The van der Waals surface area contributed by atoms with E-state index in [0.717, 1.165) is 0 Å². The number of Topliss-reactive ketones (excluding diaryl/α,β-unsaturated/α-hetero) is 1. The van der Waals surface area contributed by atoms with Crippen molar-refractivity contribution in [2.75, 3.05) is 6.61 Å². The van der Waals surface area contributed by atoms with Crippen LogP contribution in [0.5, 0.6) is 5.75 Å². The minimum Gasteiger partial charge on any atom is -0.484 e. The van der Waals surface area contributed by atoms with E-state index in [2.05, 4.69) is 0 Å². The van der Waals surface area contributed by atoms with Gasteiger partial charge in [0.1, 0.15) is 5.75 Å². The van der Waals surface area contributed by atoms with Crippen LogP contribution in [-0.4, -0.2) is 12.4 Å². The van der Waals surface area contributed by atoms with Gasteiger partial charge in [-0.25, -0.2) is 0 Å². The Labute approximate surface area is 125 Å². The van der Waals surface area contributed by atoms with Gasteiger partial charge in [-0.3, -0.25) is 4.79 Å². The van der Waals surface area contributed by atoms with E-state index >= 15 is 0 Å². The van der Waals surface area contributed by atoms with Gasteiger partial charge in [-0.1, -0.05) is 34.8 Å². The van der Waals surface area contributed by atoms with Crippen molar-refractivity contribution in [2.45, 2.75) is 0 Å². The number of hydrogen-bond donors (Lipinski definition) is 0. The summed E-state index contributed by atoms with van der Waals surface area (Å²) >= 11 is 17.5. The van der Waals surface area contributed by atoms with Crippen molar-refractivity contribution < 1.29 is 9.53 Å². The Morgan fingerprint density at radius 2 is 1.58 bits per heavy atom. The summed E-state index contributed by atoms with van der Waals surface area (Å²) in [6.07, 6.45) is 0. The third-order valence-corrected chi connectivity index (χ3v) is 3.20. The topological polar surface area (TPSA) is 26.3 Å². The van der Waals surface area contributed by atoms with Gasteiger partial charge in [0.05, 0.1) is 5.02 Å². The third-order valence-electron chi connectivity index (χ3n) is 2.42. The van der Waals surface area contributed by atoms with Crippen LogP contribution in [0.25, 0.3) is 0 Å². The van der Waals surface area contributed by atoms with Crippen molar-refractivity contribution in [3.05, 3.63) is 63.1 Å². The number of carbonyl (C=O) groups is 1. The van der Waals surface area contributed by atoms with Gasteiger partial charge in [-0.15, -0.1) is 0 Å². The molecule has 0 N–H and O–H groups in total. The Balaban J connectivity index is 2.02. The summed E-state index contributed by atoms with van der Waals surface area (Å²) in [6.45, 7) is -0.0943. The number of ether oxygens (including phenoxy) is 1. The molecular formula is C14H9Cl3O2. The molecule has 0 aliphatic carbocycles. The zero-order valence-corrected chi connectivity index (χ0v) is 12.0. The predicted molar refractivity (Wildman–Crippen MR) is 77.7 cm³/mol. The summed E-state index contributed by atoms with van der Waals surface area (Å²) in [5.41, 5.74) is 0.537. The van der Waals surface area contributed by atoms with Gasteiger partial charge in [-0.05, 0) is 42.5 Å². The molecule has 0 saturated carbocycles. The molecule has 0 aliphatic rings. The molecule has 0 heterocycles. The maximum absolute atomic E-state index is 11.9. The van der Waals surface area contributed by atoms with Crippen LogP contribution in [-0.2, 0) is 0 Å². The first-order valence-corrected chi connectivity index (χ1v) is 6.56. The number of benzene rings is 2. The maximum atomic E-state index is 11.9. The van der Waals surface area contributed by atoms with Gasteiger partial charge in [0.25, 0.3) is 0 Å². The number of halogens is 3. The van der Waals surface area contributed by atoms with Crippen LogP contribution >= 0.6 is 34.8 Å². The summed E-state index contributed by atoms with van der Waals surface area (Å²) in [6, 6.07) is 11.4. The highest BCUT2D eigenvalue weighted by Crippen LogP contribution is 2.27. The van der Waals surface area contributed by atoms with Gasteiger partial charge < -0.3 is 4.74 Å². The van der Waals surface area contributed by atoms with Crippen molar-refractivity contribution in [1.82, 2.24) is 0 Å². The molecule has 2 aromatic rings. The lowest BCUT2D eigenvalue weighted by Crippen LogP contribution is -2.11. The van der Waals surface area contributed by atoms with Crippen molar-refractivity contribution in [3.63, 3.8) is 0 Å². The minimum absolute atomic E-state index is 0.0943. The summed E-state index contributed by atoms with van der Waals surface area (Å²) < 4.78 is 5.37. The lowest BCUT2D eigenvalue weighted by Gasteiger charge is -2.07. The molecule has 19 heavy (non-hydrogen) atoms. The van der Waals surface area contributed by atoms with E-state index < -0.39 is 0 Å². The molecule has 0 saturated heterocycles. The fraction of sp³-hybridized carbons (Fsp3) is 0.0714. The van der Waals surface area contributed by atoms with Gasteiger partial charge >= 0.3 is 0 Å². The van der Waals surface area contributed by atoms with Crippen LogP contribution < -0.4 is 4.74 Å². The monoisotopic (exact) mass is 314 g/mol. The van der Waals surface area contributed by atoms with E-state index in [1.54, 1.807) is 42.5 Å². The molecule has 0 spiro atoms.